The number of benzene rings is 1. The van der Waals surface area contributed by atoms with Gasteiger partial charge >= 0.3 is 0 Å². The van der Waals surface area contributed by atoms with E-state index < -0.39 is 17.6 Å². The van der Waals surface area contributed by atoms with Gasteiger partial charge in [0.2, 0.25) is 17.7 Å². The first kappa shape index (κ1) is 21.9. The minimum Gasteiger partial charge on any atom is -0.352 e. The molecule has 9 heteroatoms. The molecule has 168 valence electrons. The lowest BCUT2D eigenvalue weighted by molar-refractivity contribution is -0.139. The van der Waals surface area contributed by atoms with E-state index in [1.807, 2.05) is 12.1 Å². The van der Waals surface area contributed by atoms with Crippen LogP contribution in [0, 0.1) is 23.5 Å². The monoisotopic (exact) mass is 442 g/mol. The average Bonchev–Trinajstić information content (AvgIpc) is 3.19. The van der Waals surface area contributed by atoms with Gasteiger partial charge in [-0.25, -0.2) is 8.78 Å². The Balaban J connectivity index is 1.29. The maximum atomic E-state index is 14.1. The van der Waals surface area contributed by atoms with Crippen LogP contribution in [0.5, 0.6) is 0 Å². The van der Waals surface area contributed by atoms with Gasteiger partial charge in [-0.3, -0.25) is 19.4 Å². The molecule has 3 heterocycles. The lowest BCUT2D eigenvalue weighted by Gasteiger charge is -2.33. The van der Waals surface area contributed by atoms with Crippen LogP contribution in [0.1, 0.15) is 24.8 Å². The van der Waals surface area contributed by atoms with E-state index in [1.165, 1.54) is 11.0 Å². The molecule has 1 N–H and O–H groups in total. The number of likely N-dealkylation sites (tertiary alicyclic amines) is 1. The molecular weight excluding hydrogens is 418 g/mol. The molecule has 0 aliphatic carbocycles. The van der Waals surface area contributed by atoms with E-state index in [0.29, 0.717) is 32.5 Å². The van der Waals surface area contributed by atoms with Gasteiger partial charge in [0, 0.05) is 57.0 Å². The fourth-order valence-corrected chi connectivity index (χ4v) is 4.26. The van der Waals surface area contributed by atoms with E-state index in [9.17, 15) is 23.2 Å². The number of nitrogens with one attached hydrogen (secondary N) is 1. The fourth-order valence-electron chi connectivity index (χ4n) is 4.26. The molecule has 2 aliphatic rings. The zero-order valence-corrected chi connectivity index (χ0v) is 17.5. The van der Waals surface area contributed by atoms with Crippen LogP contribution >= 0.6 is 0 Å². The largest absolute Gasteiger partial charge is 0.352 e. The summed E-state index contributed by atoms with van der Waals surface area (Å²) < 4.78 is 27.2. The molecule has 7 nitrogen and oxygen atoms in total. The topological polar surface area (TPSA) is 82.6 Å². The van der Waals surface area contributed by atoms with Gasteiger partial charge in [0.15, 0.2) is 0 Å². The van der Waals surface area contributed by atoms with Gasteiger partial charge in [-0.05, 0) is 36.6 Å². The normalized spacial score (nSPS) is 19.3. The average molecular weight is 442 g/mol. The van der Waals surface area contributed by atoms with Crippen molar-refractivity contribution in [1.82, 2.24) is 15.2 Å². The quantitative estimate of drug-likeness (QED) is 0.770. The zero-order chi connectivity index (χ0) is 22.7. The van der Waals surface area contributed by atoms with E-state index >= 15 is 0 Å². The summed E-state index contributed by atoms with van der Waals surface area (Å²) in [7, 11) is 0. The van der Waals surface area contributed by atoms with Crippen LogP contribution in [-0.2, 0) is 20.9 Å². The molecule has 0 bridgehead atoms. The molecule has 2 fully saturated rings. The molecule has 1 atom stereocenters. The van der Waals surface area contributed by atoms with Gasteiger partial charge in [0.1, 0.15) is 11.6 Å². The molecule has 1 aromatic carbocycles. The van der Waals surface area contributed by atoms with Crippen molar-refractivity contribution in [3.63, 3.8) is 0 Å². The Morgan fingerprint density at radius 2 is 1.91 bits per heavy atom. The molecule has 2 aromatic rings. The highest BCUT2D eigenvalue weighted by atomic mass is 19.1. The summed E-state index contributed by atoms with van der Waals surface area (Å²) >= 11 is 0. The smallest absolute Gasteiger partial charge is 0.228 e. The van der Waals surface area contributed by atoms with Gasteiger partial charge in [-0.15, -0.1) is 0 Å². The molecule has 0 radical (unpaired) electrons. The molecule has 1 aromatic heterocycles. The summed E-state index contributed by atoms with van der Waals surface area (Å²) in [6, 6.07) is 6.72. The third-order valence-corrected chi connectivity index (χ3v) is 6.04. The first-order chi connectivity index (χ1) is 15.4. The minimum atomic E-state index is -0.829. The first-order valence-electron chi connectivity index (χ1n) is 10.6. The van der Waals surface area contributed by atoms with Crippen LogP contribution in [0.4, 0.5) is 14.5 Å². The van der Waals surface area contributed by atoms with Crippen LogP contribution in [0.3, 0.4) is 0 Å². The predicted octanol–water partition coefficient (Wildman–Crippen LogP) is 2.27. The SMILES string of the molecule is O=C(NCc1cccnc1)C1CCN(C(=O)C2CC(=O)N(c3ccc(F)cc3F)C2)CC1. The Hall–Kier alpha value is -3.36. The van der Waals surface area contributed by atoms with Crippen LogP contribution in [-0.4, -0.2) is 47.2 Å². The summed E-state index contributed by atoms with van der Waals surface area (Å²) in [6.07, 6.45) is 4.45. The minimum absolute atomic E-state index is 0.0127. The Kier molecular flexibility index (Phi) is 6.43. The lowest BCUT2D eigenvalue weighted by Crippen LogP contribution is -2.45. The molecule has 0 saturated carbocycles. The highest BCUT2D eigenvalue weighted by Gasteiger charge is 2.39. The number of carbonyl (C=O) groups is 3. The fraction of sp³-hybridized carbons (Fsp3) is 0.391. The van der Waals surface area contributed by atoms with Crippen molar-refractivity contribution in [1.29, 1.82) is 0 Å². The number of amides is 3. The number of hydrogen-bond acceptors (Lipinski definition) is 4. The van der Waals surface area contributed by atoms with Crippen molar-refractivity contribution in [2.75, 3.05) is 24.5 Å². The Labute approximate surface area is 184 Å². The number of aromatic nitrogens is 1. The lowest BCUT2D eigenvalue weighted by atomic mass is 9.94. The van der Waals surface area contributed by atoms with E-state index in [0.717, 1.165) is 17.7 Å². The number of halogens is 2. The summed E-state index contributed by atoms with van der Waals surface area (Å²) in [6.45, 7) is 1.33. The number of piperidine rings is 1. The van der Waals surface area contributed by atoms with E-state index in [1.54, 1.807) is 17.3 Å². The van der Waals surface area contributed by atoms with Crippen molar-refractivity contribution < 1.29 is 23.2 Å². The van der Waals surface area contributed by atoms with Crippen molar-refractivity contribution in [3.8, 4) is 0 Å². The van der Waals surface area contributed by atoms with Crippen molar-refractivity contribution in [3.05, 3.63) is 59.9 Å². The second-order valence-electron chi connectivity index (χ2n) is 8.18. The molecule has 0 spiro atoms. The van der Waals surface area contributed by atoms with Crippen molar-refractivity contribution in [2.24, 2.45) is 11.8 Å². The summed E-state index contributed by atoms with van der Waals surface area (Å²) in [5.41, 5.74) is 0.900. The van der Waals surface area contributed by atoms with Crippen LogP contribution in [0.2, 0.25) is 0 Å². The number of nitrogens with zero attached hydrogens (tertiary/aromatic N) is 3. The molecule has 2 aliphatic heterocycles. The van der Waals surface area contributed by atoms with Crippen LogP contribution < -0.4 is 10.2 Å². The van der Waals surface area contributed by atoms with E-state index in [2.05, 4.69) is 10.3 Å². The number of rotatable bonds is 5. The predicted molar refractivity (Wildman–Crippen MR) is 112 cm³/mol. The number of pyridine rings is 1. The maximum Gasteiger partial charge on any atom is 0.228 e. The van der Waals surface area contributed by atoms with Gasteiger partial charge in [-0.1, -0.05) is 6.07 Å². The summed E-state index contributed by atoms with van der Waals surface area (Å²) in [4.78, 5) is 44.7. The summed E-state index contributed by atoms with van der Waals surface area (Å²) in [5, 5.41) is 2.91. The van der Waals surface area contributed by atoms with Crippen LogP contribution in [0.15, 0.2) is 42.7 Å². The van der Waals surface area contributed by atoms with Crippen LogP contribution in [0.25, 0.3) is 0 Å². The van der Waals surface area contributed by atoms with E-state index in [-0.39, 0.29) is 42.3 Å². The van der Waals surface area contributed by atoms with Crippen molar-refractivity contribution >= 4 is 23.4 Å². The van der Waals surface area contributed by atoms with E-state index in [4.69, 9.17) is 0 Å². The van der Waals surface area contributed by atoms with Gasteiger partial charge in [0.25, 0.3) is 0 Å². The Morgan fingerprint density at radius 3 is 2.59 bits per heavy atom. The number of anilines is 1. The molecule has 4 rings (SSSR count). The molecule has 32 heavy (non-hydrogen) atoms. The molecule has 3 amide bonds. The number of carbonyl (C=O) groups excluding carboxylic acids is 3. The van der Waals surface area contributed by atoms with Gasteiger partial charge in [0.05, 0.1) is 11.6 Å². The summed E-state index contributed by atoms with van der Waals surface area (Å²) in [5.74, 6) is -2.89. The standard InChI is InChI=1S/C23H24F2N4O3/c24-18-3-4-20(19(25)11-18)29-14-17(10-21(29)30)23(32)28-8-5-16(6-9-28)22(31)27-13-15-2-1-7-26-12-15/h1-4,7,11-12,16-17H,5-6,8-10,13-14H2,(H,27,31). The Bertz CT molecular complexity index is 1010. The van der Waals surface area contributed by atoms with Crippen molar-refractivity contribution in [2.45, 2.75) is 25.8 Å². The Morgan fingerprint density at radius 1 is 1.12 bits per heavy atom. The third kappa shape index (κ3) is 4.76. The first-order valence-corrected chi connectivity index (χ1v) is 10.6. The molecule has 1 unspecified atom stereocenters. The zero-order valence-electron chi connectivity index (χ0n) is 17.5. The molecular formula is C23H24F2N4O3. The maximum absolute atomic E-state index is 14.1. The second-order valence-corrected chi connectivity index (χ2v) is 8.18. The second kappa shape index (κ2) is 9.42. The molecule has 2 saturated heterocycles. The highest BCUT2D eigenvalue weighted by Crippen LogP contribution is 2.30. The highest BCUT2D eigenvalue weighted by molar-refractivity contribution is 6.00. The number of hydrogen-bond donors (Lipinski definition) is 1. The van der Waals surface area contributed by atoms with Gasteiger partial charge < -0.3 is 15.1 Å². The third-order valence-electron chi connectivity index (χ3n) is 6.04. The van der Waals surface area contributed by atoms with Gasteiger partial charge in [-0.2, -0.15) is 0 Å².